The molecule has 5 rings (SSSR count). The third kappa shape index (κ3) is 3.12. The number of hydrogen-bond donors (Lipinski definition) is 0. The zero-order valence-electron chi connectivity index (χ0n) is 24.9. The third-order valence-corrected chi connectivity index (χ3v) is 6.36. The Bertz CT molecular complexity index is 1750. The molecule has 0 aliphatic heterocycles. The van der Waals surface area contributed by atoms with Crippen LogP contribution in [0.4, 0.5) is 0 Å². The zero-order chi connectivity index (χ0) is 27.7. The van der Waals surface area contributed by atoms with Crippen molar-refractivity contribution in [3.63, 3.8) is 0 Å². The van der Waals surface area contributed by atoms with Gasteiger partial charge in [0, 0.05) is 36.3 Å². The van der Waals surface area contributed by atoms with Gasteiger partial charge >= 0.3 is 0 Å². The Morgan fingerprint density at radius 2 is 1.59 bits per heavy atom. The Morgan fingerprint density at radius 3 is 2.38 bits per heavy atom. The predicted molar refractivity (Wildman–Crippen MR) is 132 cm³/mol. The maximum atomic E-state index is 8.26. The molecule has 0 amide bonds. The molecule has 0 atom stereocenters. The quantitative estimate of drug-likeness (QED) is 0.284. The molecular weight excluding hydrogens is 392 g/mol. The molecule has 0 radical (unpaired) electrons. The number of fused-ring (bicyclic) bond motifs is 3. The summed E-state index contributed by atoms with van der Waals surface area (Å²) in [6, 6.07) is 13.3. The lowest BCUT2D eigenvalue weighted by Crippen LogP contribution is -2.31. The lowest BCUT2D eigenvalue weighted by molar-refractivity contribution is -0.660. The van der Waals surface area contributed by atoms with E-state index in [0.717, 1.165) is 38.9 Å². The molecule has 5 aromatic rings. The topological polar surface area (TPSA) is 29.9 Å². The Kier molecular flexibility index (Phi) is 3.33. The number of aryl methyl sites for hydroxylation is 6. The molecule has 3 aromatic heterocycles. The molecule has 0 aliphatic rings. The molecular formula is C29H29N2O+. The van der Waals surface area contributed by atoms with Crippen molar-refractivity contribution in [1.82, 2.24) is 4.98 Å². The average molecular weight is 428 g/mol. The van der Waals surface area contributed by atoms with Gasteiger partial charge in [0.1, 0.15) is 7.05 Å². The van der Waals surface area contributed by atoms with Crippen LogP contribution in [-0.4, -0.2) is 4.98 Å². The summed E-state index contributed by atoms with van der Waals surface area (Å²) >= 11 is 0. The van der Waals surface area contributed by atoms with E-state index in [9.17, 15) is 0 Å². The van der Waals surface area contributed by atoms with Crippen molar-refractivity contribution in [3.8, 4) is 22.4 Å². The smallest absolute Gasteiger partial charge is 0.227 e. The summed E-state index contributed by atoms with van der Waals surface area (Å²) in [5, 5.41) is 1.83. The monoisotopic (exact) mass is 427 g/mol. The van der Waals surface area contributed by atoms with E-state index in [0.29, 0.717) is 28.0 Å². The predicted octanol–water partition coefficient (Wildman–Crippen LogP) is 6.99. The number of pyridine rings is 2. The summed E-state index contributed by atoms with van der Waals surface area (Å²) in [7, 11) is 1.81. The number of aromatic nitrogens is 2. The first-order valence-corrected chi connectivity index (χ1v) is 10.6. The highest BCUT2D eigenvalue weighted by molar-refractivity contribution is 6.08. The minimum atomic E-state index is -2.41. The molecule has 0 N–H and O–H groups in total. The van der Waals surface area contributed by atoms with E-state index in [2.05, 4.69) is 4.98 Å². The minimum absolute atomic E-state index is 0.148. The molecule has 3 heteroatoms. The second kappa shape index (κ2) is 7.30. The fourth-order valence-corrected chi connectivity index (χ4v) is 4.38. The first kappa shape index (κ1) is 14.6. The highest BCUT2D eigenvalue weighted by atomic mass is 16.3. The fourth-order valence-electron chi connectivity index (χ4n) is 4.38. The van der Waals surface area contributed by atoms with Gasteiger partial charge in [-0.3, -0.25) is 0 Å². The summed E-state index contributed by atoms with van der Waals surface area (Å²) in [4.78, 5) is 4.56. The van der Waals surface area contributed by atoms with Crippen LogP contribution in [0.5, 0.6) is 0 Å². The van der Waals surface area contributed by atoms with Crippen molar-refractivity contribution in [1.29, 1.82) is 0 Å². The van der Waals surface area contributed by atoms with Crippen LogP contribution in [0, 0.1) is 41.4 Å². The molecule has 32 heavy (non-hydrogen) atoms. The second-order valence-corrected chi connectivity index (χ2v) is 8.60. The van der Waals surface area contributed by atoms with Gasteiger partial charge in [0.15, 0.2) is 11.8 Å². The first-order chi connectivity index (χ1) is 17.7. The van der Waals surface area contributed by atoms with Gasteiger partial charge in [-0.1, -0.05) is 24.3 Å². The van der Waals surface area contributed by atoms with Crippen molar-refractivity contribution in [3.05, 3.63) is 82.2 Å². The highest BCUT2D eigenvalue weighted by Gasteiger charge is 2.23. The molecule has 160 valence electrons. The van der Waals surface area contributed by atoms with Gasteiger partial charge in [0.25, 0.3) is 0 Å². The molecule has 3 heterocycles. The van der Waals surface area contributed by atoms with Gasteiger partial charge in [-0.25, -0.2) is 9.55 Å². The van der Waals surface area contributed by atoms with Gasteiger partial charge in [-0.05, 0) is 86.9 Å². The first-order valence-electron chi connectivity index (χ1n) is 13.6. The van der Waals surface area contributed by atoms with E-state index in [1.54, 1.807) is 23.8 Å². The summed E-state index contributed by atoms with van der Waals surface area (Å²) in [6.07, 6.45) is 1.62. The van der Waals surface area contributed by atoms with Gasteiger partial charge in [0.2, 0.25) is 11.4 Å². The Morgan fingerprint density at radius 1 is 0.844 bits per heavy atom. The summed E-state index contributed by atoms with van der Waals surface area (Å²) in [6.45, 7) is 2.79. The normalized spacial score (nSPS) is 15.2. The summed E-state index contributed by atoms with van der Waals surface area (Å²) < 4.78 is 57.0. The molecule has 3 nitrogen and oxygen atoms in total. The fraction of sp³-hybridized carbons (Fsp3) is 0.241. The van der Waals surface area contributed by atoms with Crippen LogP contribution in [0.2, 0.25) is 0 Å². The second-order valence-electron chi connectivity index (χ2n) is 8.60. The Hall–Kier alpha value is -3.46. The van der Waals surface area contributed by atoms with E-state index in [1.807, 2.05) is 64.2 Å². The molecule has 0 saturated heterocycles. The molecule has 0 unspecified atom stereocenters. The van der Waals surface area contributed by atoms with E-state index in [1.165, 1.54) is 0 Å². The van der Waals surface area contributed by atoms with E-state index in [4.69, 9.17) is 12.6 Å². The number of nitrogens with zero attached hydrogens (tertiary/aromatic N) is 2. The van der Waals surface area contributed by atoms with Gasteiger partial charge in [-0.15, -0.1) is 0 Å². The van der Waals surface area contributed by atoms with Crippen LogP contribution >= 0.6 is 0 Å². The van der Waals surface area contributed by atoms with Crippen molar-refractivity contribution in [2.24, 2.45) is 7.05 Å². The van der Waals surface area contributed by atoms with Crippen LogP contribution in [0.15, 0.2) is 53.1 Å². The lowest BCUT2D eigenvalue weighted by atomic mass is 9.92. The SMILES string of the molecule is [2H]C([2H])([2H])c1c[n+](C)c(-c2c(C)ccc3c2oc2nc(C)ccc23)cc1-c1cc(C)c(C)c(C([2H])([2H])[2H])c1. The number of rotatable bonds is 2. The van der Waals surface area contributed by atoms with Crippen molar-refractivity contribution in [2.75, 3.05) is 0 Å². The Labute approximate surface area is 197 Å². The van der Waals surface area contributed by atoms with E-state index in [-0.39, 0.29) is 11.1 Å². The number of benzene rings is 2. The van der Waals surface area contributed by atoms with Crippen molar-refractivity contribution < 1.29 is 17.2 Å². The van der Waals surface area contributed by atoms with Crippen molar-refractivity contribution in [2.45, 2.75) is 41.4 Å². The largest absolute Gasteiger partial charge is 0.437 e. The Balaban J connectivity index is 1.86. The van der Waals surface area contributed by atoms with Crippen LogP contribution in [-0.2, 0) is 7.05 Å². The molecule has 0 spiro atoms. The summed E-state index contributed by atoms with van der Waals surface area (Å²) in [5.41, 5.74) is 7.46. The van der Waals surface area contributed by atoms with Crippen LogP contribution in [0.1, 0.15) is 41.7 Å². The van der Waals surface area contributed by atoms with E-state index >= 15 is 0 Å². The molecule has 2 aromatic carbocycles. The lowest BCUT2D eigenvalue weighted by Gasteiger charge is -2.13. The number of hydrogen-bond acceptors (Lipinski definition) is 2. The minimum Gasteiger partial charge on any atom is -0.437 e. The highest BCUT2D eigenvalue weighted by Crippen LogP contribution is 2.38. The van der Waals surface area contributed by atoms with Crippen LogP contribution < -0.4 is 4.57 Å². The maximum Gasteiger partial charge on any atom is 0.227 e. The van der Waals surface area contributed by atoms with Gasteiger partial charge in [-0.2, -0.15) is 0 Å². The molecule has 0 bridgehead atoms. The maximum absolute atomic E-state index is 8.26. The molecule has 0 fully saturated rings. The number of furan rings is 1. The molecule has 0 saturated carbocycles. The van der Waals surface area contributed by atoms with Crippen molar-refractivity contribution >= 4 is 22.1 Å². The standard InChI is InChI=1S/C29H29N2O/c1-16-8-10-23-24-11-9-20(5)30-29(24)32-28(23)27(16)26-14-25(19(4)15-31(26)7)22-12-17(2)21(6)18(3)13-22/h8-15H,1-7H3/q+1/i2D3,4D3. The zero-order valence-corrected chi connectivity index (χ0v) is 18.9. The van der Waals surface area contributed by atoms with Crippen LogP contribution in [0.25, 0.3) is 44.5 Å². The van der Waals surface area contributed by atoms with Crippen LogP contribution in [0.3, 0.4) is 0 Å². The van der Waals surface area contributed by atoms with Gasteiger partial charge < -0.3 is 4.42 Å². The third-order valence-electron chi connectivity index (χ3n) is 6.36. The summed E-state index contributed by atoms with van der Waals surface area (Å²) in [5.74, 6) is 0. The van der Waals surface area contributed by atoms with Gasteiger partial charge in [0.05, 0.1) is 5.56 Å². The van der Waals surface area contributed by atoms with E-state index < -0.39 is 13.7 Å². The molecule has 0 aliphatic carbocycles. The average Bonchev–Trinajstić information content (AvgIpc) is 3.17.